The highest BCUT2D eigenvalue weighted by atomic mass is 35.9. The van der Waals surface area contributed by atoms with Crippen LogP contribution in [0, 0.1) is 0 Å². The zero-order valence-corrected chi connectivity index (χ0v) is 11.6. The van der Waals surface area contributed by atoms with Gasteiger partial charge in [-0.25, -0.2) is 0 Å². The first-order valence-electron chi connectivity index (χ1n) is 3.67. The molecule has 0 N–H and O–H groups in total. The van der Waals surface area contributed by atoms with E-state index in [0.717, 1.165) is 6.42 Å². The fourth-order valence-electron chi connectivity index (χ4n) is 0.769. The van der Waals surface area contributed by atoms with Crippen LogP contribution in [0.25, 0.3) is 0 Å². The number of hydrogen-bond donors (Lipinski definition) is 0. The normalized spacial score (nSPS) is 13.2. The van der Waals surface area contributed by atoms with E-state index in [1.165, 1.54) is 0 Å². The van der Waals surface area contributed by atoms with Crippen molar-refractivity contribution < 1.29 is 9.13 Å². The Morgan fingerprint density at radius 1 is 0.692 bits per heavy atom. The summed E-state index contributed by atoms with van der Waals surface area (Å²) >= 11 is 21.3. The molecule has 0 unspecified atom stereocenters. The van der Waals surface area contributed by atoms with Crippen LogP contribution >= 0.6 is 56.7 Å². The monoisotopic (exact) mass is 304 g/mol. The van der Waals surface area contributed by atoms with Gasteiger partial charge in [0.1, 0.15) is 0 Å². The van der Waals surface area contributed by atoms with Crippen LogP contribution in [0.1, 0.15) is 19.3 Å². The molecule has 0 aliphatic carbocycles. The molecule has 0 radical (unpaired) electrons. The Balaban J connectivity index is 3.39. The van der Waals surface area contributed by atoms with Crippen molar-refractivity contribution in [3.63, 3.8) is 0 Å². The van der Waals surface area contributed by atoms with Gasteiger partial charge in [-0.05, 0) is 57.8 Å². The standard InChI is InChI=1S/C5H10Cl4O2P2/c6-12(7,10)4-2-1-3-5-13(8,9)11/h1-5H2. The van der Waals surface area contributed by atoms with Gasteiger partial charge < -0.3 is 0 Å². The predicted octanol–water partition coefficient (Wildman–Crippen LogP) is 5.50. The highest BCUT2D eigenvalue weighted by molar-refractivity contribution is 8.08. The van der Waals surface area contributed by atoms with Crippen molar-refractivity contribution in [2.45, 2.75) is 19.3 Å². The summed E-state index contributed by atoms with van der Waals surface area (Å²) in [7, 11) is 0. The minimum absolute atomic E-state index is 0.283. The third kappa shape index (κ3) is 13.6. The van der Waals surface area contributed by atoms with Gasteiger partial charge in [0, 0.05) is 12.3 Å². The van der Waals surface area contributed by atoms with E-state index in [4.69, 9.17) is 45.0 Å². The Kier molecular flexibility index (Phi) is 7.04. The van der Waals surface area contributed by atoms with Gasteiger partial charge in [0.15, 0.2) is 0 Å². The number of unbranched alkanes of at least 4 members (excludes halogenated alkanes) is 2. The lowest BCUT2D eigenvalue weighted by Crippen LogP contribution is -1.84. The van der Waals surface area contributed by atoms with Crippen molar-refractivity contribution in [3.05, 3.63) is 0 Å². The second-order valence-corrected chi connectivity index (χ2v) is 13.4. The van der Waals surface area contributed by atoms with Gasteiger partial charge in [-0.15, -0.1) is 0 Å². The van der Waals surface area contributed by atoms with Crippen LogP contribution in [0.5, 0.6) is 0 Å². The quantitative estimate of drug-likeness (QED) is 0.480. The SMILES string of the molecule is O=P(Cl)(Cl)CCCCCP(=O)(Cl)Cl. The number of halogens is 4. The molecule has 0 aromatic heterocycles. The molecule has 13 heavy (non-hydrogen) atoms. The Bertz CT molecular complexity index is 209. The summed E-state index contributed by atoms with van der Waals surface area (Å²) in [6, 6.07) is 0. The molecule has 0 rings (SSSR count). The van der Waals surface area contributed by atoms with Gasteiger partial charge in [-0.2, -0.15) is 0 Å². The van der Waals surface area contributed by atoms with Crippen LogP contribution in [-0.4, -0.2) is 12.3 Å². The average molecular weight is 306 g/mol. The van der Waals surface area contributed by atoms with Gasteiger partial charge in [0.05, 0.1) is 0 Å². The number of rotatable bonds is 6. The maximum Gasteiger partial charge on any atom is 0.253 e. The Morgan fingerprint density at radius 2 is 1.00 bits per heavy atom. The van der Waals surface area contributed by atoms with E-state index in [-0.39, 0.29) is 12.3 Å². The van der Waals surface area contributed by atoms with E-state index in [1.54, 1.807) is 0 Å². The van der Waals surface area contributed by atoms with Gasteiger partial charge in [-0.3, -0.25) is 9.13 Å². The van der Waals surface area contributed by atoms with Crippen LogP contribution in [0.3, 0.4) is 0 Å². The molecule has 0 aromatic rings. The predicted molar refractivity (Wildman–Crippen MR) is 62.2 cm³/mol. The smallest absolute Gasteiger partial charge is 0.253 e. The molecule has 0 saturated carbocycles. The van der Waals surface area contributed by atoms with Crippen molar-refractivity contribution in [2.75, 3.05) is 12.3 Å². The second kappa shape index (κ2) is 6.26. The van der Waals surface area contributed by atoms with E-state index < -0.39 is 11.7 Å². The van der Waals surface area contributed by atoms with Crippen molar-refractivity contribution >= 4 is 56.7 Å². The molecule has 0 spiro atoms. The van der Waals surface area contributed by atoms with Crippen LogP contribution < -0.4 is 0 Å². The molecule has 0 heterocycles. The van der Waals surface area contributed by atoms with Crippen LogP contribution in [0.2, 0.25) is 0 Å². The maximum atomic E-state index is 10.8. The van der Waals surface area contributed by atoms with E-state index in [1.807, 2.05) is 0 Å². The van der Waals surface area contributed by atoms with Gasteiger partial charge >= 0.3 is 0 Å². The lowest BCUT2D eigenvalue weighted by molar-refractivity contribution is 0.587. The van der Waals surface area contributed by atoms with Gasteiger partial charge in [0.25, 0.3) is 11.7 Å². The highest BCUT2D eigenvalue weighted by Crippen LogP contribution is 2.58. The Hall–Kier alpha value is 1.62. The first kappa shape index (κ1) is 14.6. The average Bonchev–Trinajstić information content (AvgIpc) is 1.81. The molecule has 0 saturated heterocycles. The summed E-state index contributed by atoms with van der Waals surface area (Å²) in [5.74, 6) is -5.87. The molecule has 2 nitrogen and oxygen atoms in total. The topological polar surface area (TPSA) is 34.1 Å². The van der Waals surface area contributed by atoms with Crippen molar-refractivity contribution in [2.24, 2.45) is 0 Å². The fourth-order valence-corrected chi connectivity index (χ4v) is 3.39. The zero-order valence-electron chi connectivity index (χ0n) is 6.76. The highest BCUT2D eigenvalue weighted by Gasteiger charge is 2.14. The minimum Gasteiger partial charge on any atom is -0.289 e. The molecule has 8 heteroatoms. The van der Waals surface area contributed by atoms with Gasteiger partial charge in [-0.1, -0.05) is 6.42 Å². The fraction of sp³-hybridized carbons (Fsp3) is 1.00. The van der Waals surface area contributed by atoms with Crippen molar-refractivity contribution in [1.82, 2.24) is 0 Å². The molecular weight excluding hydrogens is 296 g/mol. The Labute approximate surface area is 97.2 Å². The molecule has 0 aromatic carbocycles. The van der Waals surface area contributed by atoms with Crippen molar-refractivity contribution in [3.8, 4) is 0 Å². The lowest BCUT2D eigenvalue weighted by atomic mass is 10.3. The summed E-state index contributed by atoms with van der Waals surface area (Å²) in [5.41, 5.74) is 0. The second-order valence-electron chi connectivity index (χ2n) is 2.65. The molecular formula is C5H10Cl4O2P2. The largest absolute Gasteiger partial charge is 0.289 e. The minimum atomic E-state index is -2.94. The van der Waals surface area contributed by atoms with E-state index in [0.29, 0.717) is 12.8 Å². The first-order chi connectivity index (χ1) is 5.71. The van der Waals surface area contributed by atoms with Crippen LogP contribution in [0.15, 0.2) is 0 Å². The molecule has 0 aliphatic rings. The summed E-state index contributed by atoms with van der Waals surface area (Å²) in [6.45, 7) is 0. The molecule has 0 bridgehead atoms. The van der Waals surface area contributed by atoms with Crippen LogP contribution in [-0.2, 0) is 9.13 Å². The van der Waals surface area contributed by atoms with Crippen LogP contribution in [0.4, 0.5) is 0 Å². The van der Waals surface area contributed by atoms with E-state index in [2.05, 4.69) is 0 Å². The molecule has 0 fully saturated rings. The maximum absolute atomic E-state index is 10.8. The number of hydrogen-bond acceptors (Lipinski definition) is 2. The summed E-state index contributed by atoms with van der Waals surface area (Å²) < 4.78 is 21.6. The molecule has 80 valence electrons. The molecule has 0 aliphatic heterocycles. The lowest BCUT2D eigenvalue weighted by Gasteiger charge is -2.02. The van der Waals surface area contributed by atoms with E-state index in [9.17, 15) is 9.13 Å². The summed E-state index contributed by atoms with van der Waals surface area (Å²) in [4.78, 5) is 0. The summed E-state index contributed by atoms with van der Waals surface area (Å²) in [5, 5.41) is 0. The molecule has 0 amide bonds. The first-order valence-corrected chi connectivity index (χ1v) is 11.1. The van der Waals surface area contributed by atoms with E-state index >= 15 is 0 Å². The third-order valence-corrected chi connectivity index (χ3v) is 5.04. The summed E-state index contributed by atoms with van der Waals surface area (Å²) in [6.07, 6.45) is 2.57. The Morgan fingerprint density at radius 3 is 1.23 bits per heavy atom. The van der Waals surface area contributed by atoms with Crippen molar-refractivity contribution in [1.29, 1.82) is 0 Å². The third-order valence-electron chi connectivity index (χ3n) is 1.34. The molecule has 0 atom stereocenters. The zero-order chi connectivity index (χ0) is 10.5. The van der Waals surface area contributed by atoms with Gasteiger partial charge in [0.2, 0.25) is 0 Å².